The molecule has 0 fully saturated rings. The highest BCUT2D eigenvalue weighted by molar-refractivity contribution is 5.67. The van der Waals surface area contributed by atoms with Gasteiger partial charge in [0.25, 0.3) is 0 Å². The fourth-order valence-electron chi connectivity index (χ4n) is 2.16. The summed E-state index contributed by atoms with van der Waals surface area (Å²) in [4.78, 5) is 9.04. The Balaban J connectivity index is 2.35. The second-order valence-electron chi connectivity index (χ2n) is 5.46. The van der Waals surface area contributed by atoms with Crippen LogP contribution >= 0.6 is 0 Å². The van der Waals surface area contributed by atoms with Crippen molar-refractivity contribution < 1.29 is 0 Å². The first-order valence-electron chi connectivity index (χ1n) is 7.44. The third-order valence-electron chi connectivity index (χ3n) is 3.45. The Morgan fingerprint density at radius 1 is 1.00 bits per heavy atom. The van der Waals surface area contributed by atoms with Crippen LogP contribution in [-0.2, 0) is 0 Å². The van der Waals surface area contributed by atoms with Gasteiger partial charge in [-0.25, -0.2) is 9.97 Å². The Morgan fingerprint density at radius 2 is 1.71 bits per heavy atom. The number of hydrogen-bond acceptors (Lipinski definition) is 4. The zero-order valence-corrected chi connectivity index (χ0v) is 13.5. The van der Waals surface area contributed by atoms with Gasteiger partial charge in [-0.1, -0.05) is 19.1 Å². The number of hydrogen-bond donors (Lipinski definition) is 2. The van der Waals surface area contributed by atoms with Crippen molar-refractivity contribution in [3.05, 3.63) is 40.7 Å². The van der Waals surface area contributed by atoms with Crippen LogP contribution in [0, 0.1) is 27.7 Å². The second kappa shape index (κ2) is 6.57. The molecule has 0 saturated heterocycles. The molecule has 4 nitrogen and oxygen atoms in total. The summed E-state index contributed by atoms with van der Waals surface area (Å²) in [6.45, 7) is 11.2. The number of anilines is 3. The molecule has 2 aromatic rings. The van der Waals surface area contributed by atoms with Crippen LogP contribution in [0.5, 0.6) is 0 Å². The number of nitrogens with one attached hydrogen (secondary N) is 2. The van der Waals surface area contributed by atoms with Gasteiger partial charge in [0.15, 0.2) is 0 Å². The first-order chi connectivity index (χ1) is 10.0. The van der Waals surface area contributed by atoms with E-state index in [-0.39, 0.29) is 0 Å². The maximum Gasteiger partial charge on any atom is 0.139 e. The Morgan fingerprint density at radius 3 is 2.43 bits per heavy atom. The first kappa shape index (κ1) is 15.3. The second-order valence-corrected chi connectivity index (χ2v) is 5.46. The van der Waals surface area contributed by atoms with Crippen molar-refractivity contribution in [3.63, 3.8) is 0 Å². The predicted octanol–water partition coefficient (Wildman–Crippen LogP) is 4.28. The molecule has 0 radical (unpaired) electrons. The van der Waals surface area contributed by atoms with E-state index < -0.39 is 0 Å². The Kier molecular flexibility index (Phi) is 4.78. The third kappa shape index (κ3) is 3.72. The lowest BCUT2D eigenvalue weighted by atomic mass is 10.1. The third-order valence-corrected chi connectivity index (χ3v) is 3.45. The normalized spacial score (nSPS) is 10.5. The summed E-state index contributed by atoms with van der Waals surface area (Å²) in [6.07, 6.45) is 1.07. The van der Waals surface area contributed by atoms with Crippen molar-refractivity contribution in [1.29, 1.82) is 0 Å². The van der Waals surface area contributed by atoms with Crippen LogP contribution in [0.3, 0.4) is 0 Å². The van der Waals surface area contributed by atoms with Crippen molar-refractivity contribution >= 4 is 17.3 Å². The van der Waals surface area contributed by atoms with Gasteiger partial charge in [-0.05, 0) is 51.3 Å². The largest absolute Gasteiger partial charge is 0.370 e. The molecule has 0 aliphatic rings. The van der Waals surface area contributed by atoms with Crippen molar-refractivity contribution in [2.45, 2.75) is 41.0 Å². The molecule has 0 aliphatic carbocycles. The van der Waals surface area contributed by atoms with E-state index in [2.05, 4.69) is 59.6 Å². The van der Waals surface area contributed by atoms with E-state index in [9.17, 15) is 0 Å². The molecular formula is C17H24N4. The van der Waals surface area contributed by atoms with E-state index in [0.717, 1.165) is 41.7 Å². The minimum absolute atomic E-state index is 0.770. The summed E-state index contributed by atoms with van der Waals surface area (Å²) in [5, 5.41) is 6.81. The summed E-state index contributed by atoms with van der Waals surface area (Å²) >= 11 is 0. The molecule has 1 aromatic heterocycles. The zero-order chi connectivity index (χ0) is 15.4. The van der Waals surface area contributed by atoms with E-state index in [1.54, 1.807) is 0 Å². The molecule has 0 bridgehead atoms. The van der Waals surface area contributed by atoms with Gasteiger partial charge in [-0.2, -0.15) is 0 Å². The number of rotatable bonds is 5. The number of benzene rings is 1. The molecule has 2 rings (SSSR count). The quantitative estimate of drug-likeness (QED) is 0.860. The van der Waals surface area contributed by atoms with E-state index in [1.807, 2.05) is 13.8 Å². The highest BCUT2D eigenvalue weighted by Crippen LogP contribution is 2.26. The molecule has 112 valence electrons. The van der Waals surface area contributed by atoms with E-state index in [4.69, 9.17) is 0 Å². The van der Waals surface area contributed by atoms with E-state index >= 15 is 0 Å². The number of aromatic nitrogens is 2. The van der Waals surface area contributed by atoms with Crippen LogP contribution in [-0.4, -0.2) is 16.5 Å². The fraction of sp³-hybridized carbons (Fsp3) is 0.412. The SMILES string of the molecule is CCCNc1nc(C)nc(Nc2cc(C)ccc2C)c1C. The molecular weight excluding hydrogens is 260 g/mol. The molecule has 1 heterocycles. The molecule has 0 aliphatic heterocycles. The molecule has 21 heavy (non-hydrogen) atoms. The number of nitrogens with zero attached hydrogens (tertiary/aromatic N) is 2. The Bertz CT molecular complexity index is 635. The summed E-state index contributed by atoms with van der Waals surface area (Å²) in [6, 6.07) is 6.38. The molecule has 0 atom stereocenters. The highest BCUT2D eigenvalue weighted by atomic mass is 15.1. The van der Waals surface area contributed by atoms with Gasteiger partial charge < -0.3 is 10.6 Å². The number of aryl methyl sites for hydroxylation is 3. The first-order valence-corrected chi connectivity index (χ1v) is 7.44. The van der Waals surface area contributed by atoms with Crippen LogP contribution in [0.25, 0.3) is 0 Å². The van der Waals surface area contributed by atoms with Gasteiger partial charge in [0, 0.05) is 17.8 Å². The smallest absolute Gasteiger partial charge is 0.139 e. The maximum atomic E-state index is 4.55. The average Bonchev–Trinajstić information content (AvgIpc) is 2.44. The van der Waals surface area contributed by atoms with Crippen LogP contribution in [0.4, 0.5) is 17.3 Å². The summed E-state index contributed by atoms with van der Waals surface area (Å²) in [5.74, 6) is 2.55. The van der Waals surface area contributed by atoms with Crippen molar-refractivity contribution in [2.24, 2.45) is 0 Å². The van der Waals surface area contributed by atoms with Crippen molar-refractivity contribution in [2.75, 3.05) is 17.2 Å². The minimum atomic E-state index is 0.770. The lowest BCUT2D eigenvalue weighted by Crippen LogP contribution is -2.09. The fourth-order valence-corrected chi connectivity index (χ4v) is 2.16. The minimum Gasteiger partial charge on any atom is -0.370 e. The van der Waals surface area contributed by atoms with Crippen LogP contribution in [0.2, 0.25) is 0 Å². The van der Waals surface area contributed by atoms with Gasteiger partial charge in [0.2, 0.25) is 0 Å². The average molecular weight is 284 g/mol. The summed E-state index contributed by atoms with van der Waals surface area (Å²) in [7, 11) is 0. The van der Waals surface area contributed by atoms with Gasteiger partial charge in [0.05, 0.1) is 0 Å². The molecule has 0 amide bonds. The molecule has 1 aromatic carbocycles. The molecule has 0 unspecified atom stereocenters. The summed E-state index contributed by atoms with van der Waals surface area (Å²) < 4.78 is 0. The lowest BCUT2D eigenvalue weighted by Gasteiger charge is -2.15. The van der Waals surface area contributed by atoms with Gasteiger partial charge in [-0.3, -0.25) is 0 Å². The van der Waals surface area contributed by atoms with Crippen molar-refractivity contribution in [1.82, 2.24) is 9.97 Å². The van der Waals surface area contributed by atoms with Crippen LogP contribution < -0.4 is 10.6 Å². The van der Waals surface area contributed by atoms with E-state index in [1.165, 1.54) is 11.1 Å². The highest BCUT2D eigenvalue weighted by Gasteiger charge is 2.10. The maximum absolute atomic E-state index is 4.55. The lowest BCUT2D eigenvalue weighted by molar-refractivity contribution is 0.947. The molecule has 2 N–H and O–H groups in total. The van der Waals surface area contributed by atoms with Gasteiger partial charge in [-0.15, -0.1) is 0 Å². The standard InChI is InChI=1S/C17H24N4/c1-6-9-18-16-13(4)17(20-14(5)19-16)21-15-10-11(2)7-8-12(15)3/h7-8,10H,6,9H2,1-5H3,(H2,18,19,20,21). The van der Waals surface area contributed by atoms with Crippen LogP contribution in [0.1, 0.15) is 35.9 Å². The summed E-state index contributed by atoms with van der Waals surface area (Å²) in [5.41, 5.74) is 4.59. The van der Waals surface area contributed by atoms with E-state index in [0.29, 0.717) is 0 Å². The molecule has 0 saturated carbocycles. The Labute approximate surface area is 127 Å². The van der Waals surface area contributed by atoms with Gasteiger partial charge in [0.1, 0.15) is 17.5 Å². The Hall–Kier alpha value is -2.10. The molecule has 0 spiro atoms. The zero-order valence-electron chi connectivity index (χ0n) is 13.5. The molecule has 4 heteroatoms. The van der Waals surface area contributed by atoms with Crippen LogP contribution in [0.15, 0.2) is 18.2 Å². The topological polar surface area (TPSA) is 49.8 Å². The predicted molar refractivity (Wildman–Crippen MR) is 89.5 cm³/mol. The monoisotopic (exact) mass is 284 g/mol. The van der Waals surface area contributed by atoms with Crippen molar-refractivity contribution in [3.8, 4) is 0 Å². The van der Waals surface area contributed by atoms with Gasteiger partial charge >= 0.3 is 0 Å².